The molecule has 0 atom stereocenters. The second-order valence-corrected chi connectivity index (χ2v) is 11.8. The standard InChI is InChI=1S/C40H27N5O.Pt/c1-24-19-25(2)37(26(3)20-24)35-23-44-38-32(12-7-17-41-38)30-16-15-29(22-34(30)40(44)43-35)46-28-10-6-9-27(21-28)45-36-14-5-4-11-31(36)33-13-8-18-42-39(33)45;/h4-20,23H,1-3H3;/q-2;+2. The Balaban J connectivity index is 0.00000324. The van der Waals surface area contributed by atoms with Crippen LogP contribution < -0.4 is 4.74 Å². The Hall–Kier alpha value is -5.32. The minimum atomic E-state index is 0. The van der Waals surface area contributed by atoms with E-state index in [0.717, 1.165) is 66.3 Å². The van der Waals surface area contributed by atoms with E-state index in [1.165, 1.54) is 16.7 Å². The first-order chi connectivity index (χ1) is 22.5. The summed E-state index contributed by atoms with van der Waals surface area (Å²) in [6.07, 6.45) is 5.74. The number of aromatic nitrogens is 5. The molecule has 228 valence electrons. The normalized spacial score (nSPS) is 11.6. The first-order valence-electron chi connectivity index (χ1n) is 15.3. The number of hydrogen-bond acceptors (Lipinski definition) is 4. The number of benzene rings is 4. The molecule has 0 unspecified atom stereocenters. The van der Waals surface area contributed by atoms with Crippen LogP contribution in [-0.2, 0) is 21.1 Å². The van der Waals surface area contributed by atoms with Gasteiger partial charge in [0.1, 0.15) is 11.3 Å². The largest absolute Gasteiger partial charge is 2.00 e. The number of fused-ring (bicyclic) bond motifs is 9. The van der Waals surface area contributed by atoms with Crippen molar-refractivity contribution in [1.82, 2.24) is 23.9 Å². The van der Waals surface area contributed by atoms with Crippen LogP contribution in [0, 0.1) is 32.9 Å². The molecule has 5 heterocycles. The maximum Gasteiger partial charge on any atom is 2.00 e. The van der Waals surface area contributed by atoms with Crippen molar-refractivity contribution in [2.24, 2.45) is 0 Å². The van der Waals surface area contributed by atoms with Crippen molar-refractivity contribution >= 4 is 49.4 Å². The van der Waals surface area contributed by atoms with Crippen molar-refractivity contribution in [1.29, 1.82) is 0 Å². The number of rotatable bonds is 4. The molecule has 0 aliphatic rings. The third-order valence-electron chi connectivity index (χ3n) is 8.73. The summed E-state index contributed by atoms with van der Waals surface area (Å²) >= 11 is 0. The average molecular weight is 789 g/mol. The van der Waals surface area contributed by atoms with Gasteiger partial charge in [0, 0.05) is 46.4 Å². The molecule has 9 aromatic rings. The van der Waals surface area contributed by atoms with Crippen LogP contribution in [0.15, 0.2) is 110 Å². The Morgan fingerprint density at radius 2 is 1.34 bits per heavy atom. The minimum Gasteiger partial charge on any atom is -0.503 e. The number of imidazole rings is 1. The Morgan fingerprint density at radius 3 is 2.15 bits per heavy atom. The van der Waals surface area contributed by atoms with Gasteiger partial charge in [-0.3, -0.25) is 4.98 Å². The minimum absolute atomic E-state index is 0. The molecule has 0 aliphatic heterocycles. The second kappa shape index (κ2) is 11.2. The Kier molecular flexibility index (Phi) is 6.92. The van der Waals surface area contributed by atoms with Gasteiger partial charge in [-0.05, 0) is 61.5 Å². The molecule has 6 nitrogen and oxygen atoms in total. The van der Waals surface area contributed by atoms with Crippen LogP contribution in [0.25, 0.3) is 66.3 Å². The molecule has 0 fully saturated rings. The SMILES string of the molecule is Cc1cc(C)c(-c2cn3c(n2)c2[c-]c(Oc4[c-]c(-n5c6ccccc6c6cccnc65)ccc4)ccc2c2cccnc23)c(C)c1.[Pt+2]. The Morgan fingerprint density at radius 1 is 0.638 bits per heavy atom. The summed E-state index contributed by atoms with van der Waals surface area (Å²) in [5, 5.41) is 5.16. The topological polar surface area (TPSA) is 57.2 Å². The molecule has 0 saturated heterocycles. The molecule has 0 aliphatic carbocycles. The van der Waals surface area contributed by atoms with E-state index in [9.17, 15) is 0 Å². The molecule has 0 amide bonds. The van der Waals surface area contributed by atoms with Crippen LogP contribution in [0.2, 0.25) is 0 Å². The number of nitrogens with zero attached hydrogens (tertiary/aromatic N) is 5. The number of aryl methyl sites for hydroxylation is 3. The van der Waals surface area contributed by atoms with Crippen LogP contribution >= 0.6 is 0 Å². The van der Waals surface area contributed by atoms with E-state index in [0.29, 0.717) is 11.5 Å². The molecule has 0 N–H and O–H groups in total. The van der Waals surface area contributed by atoms with Crippen molar-refractivity contribution in [3.05, 3.63) is 138 Å². The summed E-state index contributed by atoms with van der Waals surface area (Å²) in [5.41, 5.74) is 10.1. The van der Waals surface area contributed by atoms with Crippen LogP contribution in [-0.4, -0.2) is 23.9 Å². The van der Waals surface area contributed by atoms with Crippen LogP contribution in [0.3, 0.4) is 0 Å². The van der Waals surface area contributed by atoms with Crippen molar-refractivity contribution < 1.29 is 25.8 Å². The zero-order chi connectivity index (χ0) is 30.9. The fourth-order valence-corrected chi connectivity index (χ4v) is 6.94. The molecule has 4 aromatic carbocycles. The second-order valence-electron chi connectivity index (χ2n) is 11.8. The predicted octanol–water partition coefficient (Wildman–Crippen LogP) is 9.51. The van der Waals surface area contributed by atoms with Gasteiger partial charge in [-0.1, -0.05) is 64.5 Å². The molecule has 7 heteroatoms. The van der Waals surface area contributed by atoms with E-state index >= 15 is 0 Å². The van der Waals surface area contributed by atoms with Gasteiger partial charge in [0.25, 0.3) is 0 Å². The van der Waals surface area contributed by atoms with Crippen LogP contribution in [0.4, 0.5) is 0 Å². The van der Waals surface area contributed by atoms with Gasteiger partial charge in [-0.25, -0.2) is 9.97 Å². The average Bonchev–Trinajstić information content (AvgIpc) is 3.65. The number of pyridine rings is 3. The number of hydrogen-bond donors (Lipinski definition) is 0. The Labute approximate surface area is 285 Å². The van der Waals surface area contributed by atoms with Gasteiger partial charge >= 0.3 is 21.1 Å². The van der Waals surface area contributed by atoms with Gasteiger partial charge in [0.2, 0.25) is 0 Å². The van der Waals surface area contributed by atoms with Gasteiger partial charge < -0.3 is 13.7 Å². The molecule has 9 rings (SSSR count). The van der Waals surface area contributed by atoms with E-state index in [2.05, 4.69) is 96.6 Å². The van der Waals surface area contributed by atoms with Gasteiger partial charge in [0.15, 0.2) is 0 Å². The van der Waals surface area contributed by atoms with E-state index < -0.39 is 0 Å². The molecule has 0 bridgehead atoms. The third kappa shape index (κ3) is 4.63. The maximum absolute atomic E-state index is 6.46. The van der Waals surface area contributed by atoms with Crippen LogP contribution in [0.1, 0.15) is 16.7 Å². The fourth-order valence-electron chi connectivity index (χ4n) is 6.94. The van der Waals surface area contributed by atoms with E-state index in [1.807, 2.05) is 54.9 Å². The first-order valence-corrected chi connectivity index (χ1v) is 15.3. The molecular weight excluding hydrogens is 762 g/mol. The first kappa shape index (κ1) is 29.1. The van der Waals surface area contributed by atoms with Crippen molar-refractivity contribution in [3.8, 4) is 28.4 Å². The van der Waals surface area contributed by atoms with Gasteiger partial charge in [-0.2, -0.15) is 6.07 Å². The van der Waals surface area contributed by atoms with E-state index in [-0.39, 0.29) is 21.1 Å². The quantitative estimate of drug-likeness (QED) is 0.132. The summed E-state index contributed by atoms with van der Waals surface area (Å²) < 4.78 is 10.7. The van der Waals surface area contributed by atoms with Crippen LogP contribution in [0.5, 0.6) is 11.5 Å². The monoisotopic (exact) mass is 788 g/mol. The predicted molar refractivity (Wildman–Crippen MR) is 184 cm³/mol. The van der Waals surface area contributed by atoms with Crippen molar-refractivity contribution in [2.45, 2.75) is 20.8 Å². The summed E-state index contributed by atoms with van der Waals surface area (Å²) in [5.74, 6) is 1.17. The van der Waals surface area contributed by atoms with E-state index in [4.69, 9.17) is 19.7 Å². The zero-order valence-electron chi connectivity index (χ0n) is 25.9. The zero-order valence-corrected chi connectivity index (χ0v) is 28.1. The molecular formula is C40H27N5OPt. The molecule has 0 radical (unpaired) electrons. The van der Waals surface area contributed by atoms with Gasteiger partial charge in [-0.15, -0.1) is 30.3 Å². The summed E-state index contributed by atoms with van der Waals surface area (Å²) in [6.45, 7) is 6.42. The summed E-state index contributed by atoms with van der Waals surface area (Å²) in [7, 11) is 0. The van der Waals surface area contributed by atoms with Crippen molar-refractivity contribution in [2.75, 3.05) is 0 Å². The Bertz CT molecular complexity index is 2590. The van der Waals surface area contributed by atoms with E-state index in [1.54, 1.807) is 0 Å². The smallest absolute Gasteiger partial charge is 0.503 e. The number of para-hydroxylation sites is 1. The third-order valence-corrected chi connectivity index (χ3v) is 8.73. The van der Waals surface area contributed by atoms with Crippen molar-refractivity contribution in [3.63, 3.8) is 0 Å². The van der Waals surface area contributed by atoms with Gasteiger partial charge in [0.05, 0.1) is 16.9 Å². The fraction of sp³-hybridized carbons (Fsp3) is 0.0750. The number of ether oxygens (including phenoxy) is 1. The maximum atomic E-state index is 6.46. The molecule has 47 heavy (non-hydrogen) atoms. The molecule has 5 aromatic heterocycles. The summed E-state index contributed by atoms with van der Waals surface area (Å²) in [4.78, 5) is 14.7. The summed E-state index contributed by atoms with van der Waals surface area (Å²) in [6, 6.07) is 37.9. The molecule has 0 saturated carbocycles. The molecule has 0 spiro atoms.